The van der Waals surface area contributed by atoms with E-state index in [-0.39, 0.29) is 6.03 Å². The molecule has 7 heteroatoms. The molecular formula is C17H19N5O2. The van der Waals surface area contributed by atoms with Gasteiger partial charge in [0.1, 0.15) is 22.8 Å². The second kappa shape index (κ2) is 6.66. The van der Waals surface area contributed by atoms with Crippen molar-refractivity contribution in [3.63, 3.8) is 0 Å². The molecule has 0 fully saturated rings. The van der Waals surface area contributed by atoms with Gasteiger partial charge in [-0.3, -0.25) is 10.3 Å². The molecule has 0 unspecified atom stereocenters. The predicted molar refractivity (Wildman–Crippen MR) is 91.8 cm³/mol. The Bertz CT molecular complexity index is 872. The van der Waals surface area contributed by atoms with Gasteiger partial charge in [-0.2, -0.15) is 0 Å². The van der Waals surface area contributed by atoms with E-state index in [0.29, 0.717) is 40.9 Å². The van der Waals surface area contributed by atoms with Crippen molar-refractivity contribution in [3.05, 3.63) is 36.2 Å². The molecular weight excluding hydrogens is 306 g/mol. The standard InChI is InChI=1S/C17H19N5O2/c1-4-18-17(23)22-15-8-5-11-16(21-15)20-12(9-19-11)14-7-6-13(24-14)10(2)3/h5-10H,4H2,1-3H3,(H2,18,20,21,22,23). The normalized spacial score (nSPS) is 11.0. The monoisotopic (exact) mass is 325 g/mol. The number of urea groups is 1. The van der Waals surface area contributed by atoms with Crippen LogP contribution in [-0.2, 0) is 0 Å². The van der Waals surface area contributed by atoms with Gasteiger partial charge in [-0.05, 0) is 31.2 Å². The van der Waals surface area contributed by atoms with E-state index < -0.39 is 0 Å². The molecule has 0 aliphatic rings. The molecule has 0 aliphatic heterocycles. The van der Waals surface area contributed by atoms with E-state index in [1.807, 2.05) is 19.1 Å². The highest BCUT2D eigenvalue weighted by atomic mass is 16.3. The smallest absolute Gasteiger partial charge is 0.320 e. The summed E-state index contributed by atoms with van der Waals surface area (Å²) < 4.78 is 5.80. The molecule has 2 N–H and O–H groups in total. The largest absolute Gasteiger partial charge is 0.459 e. The van der Waals surface area contributed by atoms with E-state index >= 15 is 0 Å². The molecule has 0 saturated heterocycles. The fourth-order valence-electron chi connectivity index (χ4n) is 2.21. The number of fused-ring (bicyclic) bond motifs is 1. The summed E-state index contributed by atoms with van der Waals surface area (Å²) in [6.07, 6.45) is 1.66. The zero-order valence-corrected chi connectivity index (χ0v) is 13.8. The van der Waals surface area contributed by atoms with Gasteiger partial charge < -0.3 is 9.73 Å². The molecule has 0 bridgehead atoms. The van der Waals surface area contributed by atoms with Crippen LogP contribution in [0.2, 0.25) is 0 Å². The molecule has 0 aliphatic carbocycles. The number of rotatable bonds is 4. The van der Waals surface area contributed by atoms with Crippen LogP contribution in [0.4, 0.5) is 10.6 Å². The minimum Gasteiger partial charge on any atom is -0.459 e. The Hall–Kier alpha value is -2.96. The second-order valence-electron chi connectivity index (χ2n) is 5.64. The highest BCUT2D eigenvalue weighted by Gasteiger charge is 2.11. The van der Waals surface area contributed by atoms with Gasteiger partial charge in [0.15, 0.2) is 11.4 Å². The van der Waals surface area contributed by atoms with Gasteiger partial charge in [0.05, 0.1) is 6.20 Å². The summed E-state index contributed by atoms with van der Waals surface area (Å²) >= 11 is 0. The summed E-state index contributed by atoms with van der Waals surface area (Å²) in [6, 6.07) is 6.97. The third-order valence-corrected chi connectivity index (χ3v) is 3.43. The Kier molecular flexibility index (Phi) is 4.41. The number of nitrogens with zero attached hydrogens (tertiary/aromatic N) is 3. The number of pyridine rings is 1. The summed E-state index contributed by atoms with van der Waals surface area (Å²) in [7, 11) is 0. The Balaban J connectivity index is 1.92. The number of carbonyl (C=O) groups excluding carboxylic acids is 1. The van der Waals surface area contributed by atoms with Crippen molar-refractivity contribution in [2.75, 3.05) is 11.9 Å². The molecule has 0 spiro atoms. The molecule has 2 amide bonds. The average Bonchev–Trinajstić information content (AvgIpc) is 3.04. The molecule has 0 saturated carbocycles. The van der Waals surface area contributed by atoms with Crippen LogP contribution in [0.5, 0.6) is 0 Å². The maximum absolute atomic E-state index is 11.6. The minimum absolute atomic E-state index is 0.304. The van der Waals surface area contributed by atoms with Crippen LogP contribution in [0.25, 0.3) is 22.6 Å². The van der Waals surface area contributed by atoms with Gasteiger partial charge in [-0.15, -0.1) is 0 Å². The third kappa shape index (κ3) is 3.34. The Morgan fingerprint density at radius 1 is 1.21 bits per heavy atom. The molecule has 3 rings (SSSR count). The third-order valence-electron chi connectivity index (χ3n) is 3.43. The van der Waals surface area contributed by atoms with Gasteiger partial charge in [0.2, 0.25) is 0 Å². The van der Waals surface area contributed by atoms with Crippen LogP contribution in [0, 0.1) is 0 Å². The maximum atomic E-state index is 11.6. The van der Waals surface area contributed by atoms with Crippen molar-refractivity contribution in [2.45, 2.75) is 26.7 Å². The van der Waals surface area contributed by atoms with Crippen molar-refractivity contribution < 1.29 is 9.21 Å². The number of amides is 2. The highest BCUT2D eigenvalue weighted by molar-refractivity contribution is 5.89. The molecule has 124 valence electrons. The van der Waals surface area contributed by atoms with Crippen molar-refractivity contribution >= 4 is 23.0 Å². The number of furan rings is 1. The Morgan fingerprint density at radius 2 is 2.04 bits per heavy atom. The quantitative estimate of drug-likeness (QED) is 0.765. The first-order valence-corrected chi connectivity index (χ1v) is 7.85. The Labute approximate surface area is 139 Å². The van der Waals surface area contributed by atoms with Crippen molar-refractivity contribution in [3.8, 4) is 11.5 Å². The van der Waals surface area contributed by atoms with E-state index in [4.69, 9.17) is 4.42 Å². The van der Waals surface area contributed by atoms with E-state index in [2.05, 4.69) is 39.4 Å². The van der Waals surface area contributed by atoms with E-state index in [1.165, 1.54) is 0 Å². The van der Waals surface area contributed by atoms with Crippen LogP contribution in [0.15, 0.2) is 34.9 Å². The van der Waals surface area contributed by atoms with Crippen LogP contribution in [-0.4, -0.2) is 27.5 Å². The molecule has 3 aromatic rings. The zero-order chi connectivity index (χ0) is 17.1. The molecule has 0 atom stereocenters. The lowest BCUT2D eigenvalue weighted by atomic mass is 10.2. The van der Waals surface area contributed by atoms with Crippen molar-refractivity contribution in [1.82, 2.24) is 20.3 Å². The van der Waals surface area contributed by atoms with Gasteiger partial charge in [0.25, 0.3) is 0 Å². The number of nitrogens with one attached hydrogen (secondary N) is 2. The number of aromatic nitrogens is 3. The number of hydrogen-bond acceptors (Lipinski definition) is 5. The lowest BCUT2D eigenvalue weighted by Gasteiger charge is -2.06. The van der Waals surface area contributed by atoms with E-state index in [0.717, 1.165) is 5.76 Å². The molecule has 0 radical (unpaired) electrons. The summed E-state index contributed by atoms with van der Waals surface area (Å²) in [5.41, 5.74) is 1.71. The zero-order valence-electron chi connectivity index (χ0n) is 13.8. The summed E-state index contributed by atoms with van der Waals surface area (Å²) in [6.45, 7) is 6.52. The van der Waals surface area contributed by atoms with E-state index in [9.17, 15) is 4.79 Å². The molecule has 0 aromatic carbocycles. The number of hydrogen-bond donors (Lipinski definition) is 2. The summed E-state index contributed by atoms with van der Waals surface area (Å²) in [5, 5.41) is 5.31. The lowest BCUT2D eigenvalue weighted by Crippen LogP contribution is -2.28. The first kappa shape index (κ1) is 15.9. The molecule has 3 aromatic heterocycles. The molecule has 3 heterocycles. The molecule has 7 nitrogen and oxygen atoms in total. The summed E-state index contributed by atoms with van der Waals surface area (Å²) in [4.78, 5) is 24.8. The lowest BCUT2D eigenvalue weighted by molar-refractivity contribution is 0.252. The van der Waals surface area contributed by atoms with Crippen LogP contribution in [0.1, 0.15) is 32.4 Å². The maximum Gasteiger partial charge on any atom is 0.320 e. The number of carbonyl (C=O) groups is 1. The second-order valence-corrected chi connectivity index (χ2v) is 5.64. The van der Waals surface area contributed by atoms with Crippen LogP contribution < -0.4 is 10.6 Å². The fourth-order valence-corrected chi connectivity index (χ4v) is 2.21. The van der Waals surface area contributed by atoms with Gasteiger partial charge in [-0.25, -0.2) is 14.8 Å². The fraction of sp³-hybridized carbons (Fsp3) is 0.294. The highest BCUT2D eigenvalue weighted by Crippen LogP contribution is 2.25. The number of anilines is 1. The minimum atomic E-state index is -0.305. The average molecular weight is 325 g/mol. The SMILES string of the molecule is CCNC(=O)Nc1ccc2ncc(-c3ccc(C(C)C)o3)nc2n1. The van der Waals surface area contributed by atoms with Crippen molar-refractivity contribution in [2.24, 2.45) is 0 Å². The summed E-state index contributed by atoms with van der Waals surface area (Å²) in [5.74, 6) is 2.27. The van der Waals surface area contributed by atoms with E-state index in [1.54, 1.807) is 18.3 Å². The van der Waals surface area contributed by atoms with Crippen LogP contribution in [0.3, 0.4) is 0 Å². The predicted octanol–water partition coefficient (Wildman–Crippen LogP) is 3.55. The van der Waals surface area contributed by atoms with Crippen molar-refractivity contribution in [1.29, 1.82) is 0 Å². The Morgan fingerprint density at radius 3 is 2.75 bits per heavy atom. The first-order valence-electron chi connectivity index (χ1n) is 7.85. The van der Waals surface area contributed by atoms with Crippen LogP contribution >= 0.6 is 0 Å². The first-order chi connectivity index (χ1) is 11.6. The van der Waals surface area contributed by atoms with Gasteiger partial charge in [0, 0.05) is 12.5 Å². The van der Waals surface area contributed by atoms with Gasteiger partial charge >= 0.3 is 6.03 Å². The van der Waals surface area contributed by atoms with Gasteiger partial charge in [-0.1, -0.05) is 13.8 Å². The topological polar surface area (TPSA) is 92.9 Å². The molecule has 24 heavy (non-hydrogen) atoms.